The minimum Gasteiger partial charge on any atom is -0.385 e. The number of rotatable bonds is 7. The van der Waals surface area contributed by atoms with Gasteiger partial charge in [0.2, 0.25) is 0 Å². The van der Waals surface area contributed by atoms with Crippen molar-refractivity contribution in [2.45, 2.75) is 49.9 Å². The molecule has 0 aromatic carbocycles. The van der Waals surface area contributed by atoms with Crippen molar-refractivity contribution < 1.29 is 14.2 Å². The Balaban J connectivity index is 1.59. The lowest BCUT2D eigenvalue weighted by Crippen LogP contribution is -2.49. The van der Waals surface area contributed by atoms with Crippen LogP contribution < -0.4 is 5.73 Å². The summed E-state index contributed by atoms with van der Waals surface area (Å²) in [4.78, 5) is 0. The molecule has 0 radical (unpaired) electrons. The summed E-state index contributed by atoms with van der Waals surface area (Å²) in [6.45, 7) is 2.27. The van der Waals surface area contributed by atoms with Gasteiger partial charge in [-0.3, -0.25) is 0 Å². The van der Waals surface area contributed by atoms with Crippen molar-refractivity contribution in [2.24, 2.45) is 5.73 Å². The first kappa shape index (κ1) is 12.3. The fourth-order valence-corrected chi connectivity index (χ4v) is 2.77. The first-order valence-corrected chi connectivity index (χ1v) is 6.25. The van der Waals surface area contributed by atoms with Crippen molar-refractivity contribution in [3.8, 4) is 0 Å². The fourth-order valence-electron chi connectivity index (χ4n) is 2.77. The lowest BCUT2D eigenvalue weighted by atomic mass is 9.80. The van der Waals surface area contributed by atoms with Gasteiger partial charge >= 0.3 is 0 Å². The third-order valence-corrected chi connectivity index (χ3v) is 3.71. The molecule has 3 unspecified atom stereocenters. The van der Waals surface area contributed by atoms with E-state index in [1.807, 2.05) is 0 Å². The van der Waals surface area contributed by atoms with Crippen LogP contribution in [0.15, 0.2) is 0 Å². The second kappa shape index (κ2) is 5.45. The lowest BCUT2D eigenvalue weighted by molar-refractivity contribution is 0.0604. The Bertz CT molecular complexity index is 224. The number of fused-ring (bicyclic) bond motifs is 2. The maximum absolute atomic E-state index is 6.36. The van der Waals surface area contributed by atoms with E-state index in [0.29, 0.717) is 6.10 Å². The molecule has 4 heteroatoms. The number of hydrogen-bond donors (Lipinski definition) is 1. The van der Waals surface area contributed by atoms with E-state index < -0.39 is 0 Å². The van der Waals surface area contributed by atoms with E-state index >= 15 is 0 Å². The zero-order chi connectivity index (χ0) is 11.4. The molecular weight excluding hydrogens is 206 g/mol. The first-order valence-electron chi connectivity index (χ1n) is 6.25. The molecule has 0 amide bonds. The average Bonchev–Trinajstić information content (AvgIpc) is 2.83. The Morgan fingerprint density at radius 1 is 1.31 bits per heavy atom. The van der Waals surface area contributed by atoms with Gasteiger partial charge in [-0.15, -0.1) is 0 Å². The molecule has 2 rings (SSSR count). The number of nitrogens with two attached hydrogens (primary N) is 1. The molecule has 2 saturated heterocycles. The summed E-state index contributed by atoms with van der Waals surface area (Å²) in [6.07, 6.45) is 5.91. The minimum atomic E-state index is -0.121. The SMILES string of the molecule is COCCCOCCC1(N)CC2CCC1O2. The average molecular weight is 229 g/mol. The normalized spacial score (nSPS) is 37.1. The standard InChI is InChI=1S/C12H23NO3/c1-14-6-2-7-15-8-5-12(13)9-10-3-4-11(12)16-10/h10-11H,2-9,13H2,1H3. The van der Waals surface area contributed by atoms with Crippen LogP contribution in [0, 0.1) is 0 Å². The van der Waals surface area contributed by atoms with Crippen molar-refractivity contribution in [3.05, 3.63) is 0 Å². The molecule has 0 aliphatic carbocycles. The molecule has 2 aliphatic rings. The third kappa shape index (κ3) is 2.74. The van der Waals surface area contributed by atoms with E-state index in [0.717, 1.165) is 45.5 Å². The highest BCUT2D eigenvalue weighted by molar-refractivity contribution is 5.04. The summed E-state index contributed by atoms with van der Waals surface area (Å²) < 4.78 is 16.3. The van der Waals surface area contributed by atoms with Gasteiger partial charge < -0.3 is 19.9 Å². The van der Waals surface area contributed by atoms with Crippen molar-refractivity contribution >= 4 is 0 Å². The Morgan fingerprint density at radius 2 is 2.19 bits per heavy atom. The Hall–Kier alpha value is -0.160. The van der Waals surface area contributed by atoms with E-state index in [9.17, 15) is 0 Å². The van der Waals surface area contributed by atoms with Gasteiger partial charge in [-0.1, -0.05) is 0 Å². The topological polar surface area (TPSA) is 53.7 Å². The molecule has 16 heavy (non-hydrogen) atoms. The second-order valence-corrected chi connectivity index (χ2v) is 4.97. The Kier molecular flexibility index (Phi) is 4.19. The van der Waals surface area contributed by atoms with Crippen LogP contribution in [0.3, 0.4) is 0 Å². The van der Waals surface area contributed by atoms with Gasteiger partial charge in [0.15, 0.2) is 0 Å². The van der Waals surface area contributed by atoms with Crippen LogP contribution in [0.1, 0.15) is 32.1 Å². The smallest absolute Gasteiger partial charge is 0.0761 e. The molecular formula is C12H23NO3. The van der Waals surface area contributed by atoms with E-state index in [2.05, 4.69) is 0 Å². The Labute approximate surface area is 97.4 Å². The van der Waals surface area contributed by atoms with Gasteiger partial charge in [-0.25, -0.2) is 0 Å². The summed E-state index contributed by atoms with van der Waals surface area (Å²) in [5.41, 5.74) is 6.23. The van der Waals surface area contributed by atoms with Crippen molar-refractivity contribution in [3.63, 3.8) is 0 Å². The molecule has 0 aromatic heterocycles. The number of ether oxygens (including phenoxy) is 3. The van der Waals surface area contributed by atoms with Crippen molar-refractivity contribution in [2.75, 3.05) is 26.9 Å². The Morgan fingerprint density at radius 3 is 2.81 bits per heavy atom. The van der Waals surface area contributed by atoms with Crippen LogP contribution in [0.2, 0.25) is 0 Å². The van der Waals surface area contributed by atoms with Gasteiger partial charge in [0.25, 0.3) is 0 Å². The fraction of sp³-hybridized carbons (Fsp3) is 1.00. The van der Waals surface area contributed by atoms with Crippen LogP contribution >= 0.6 is 0 Å². The highest BCUT2D eigenvalue weighted by atomic mass is 16.5. The molecule has 2 N–H and O–H groups in total. The van der Waals surface area contributed by atoms with Gasteiger partial charge in [0.1, 0.15) is 0 Å². The molecule has 2 aliphatic heterocycles. The molecule has 2 fully saturated rings. The summed E-state index contributed by atoms with van der Waals surface area (Å²) in [6, 6.07) is 0. The summed E-state index contributed by atoms with van der Waals surface area (Å²) >= 11 is 0. The van der Waals surface area contributed by atoms with Gasteiger partial charge in [-0.2, -0.15) is 0 Å². The van der Waals surface area contributed by atoms with Crippen LogP contribution in [0.25, 0.3) is 0 Å². The molecule has 3 atom stereocenters. The van der Waals surface area contributed by atoms with Gasteiger partial charge in [0, 0.05) is 32.5 Å². The molecule has 2 bridgehead atoms. The summed E-state index contributed by atoms with van der Waals surface area (Å²) in [5.74, 6) is 0. The highest BCUT2D eigenvalue weighted by Gasteiger charge is 2.49. The largest absolute Gasteiger partial charge is 0.385 e. The zero-order valence-electron chi connectivity index (χ0n) is 10.1. The number of methoxy groups -OCH3 is 1. The maximum Gasteiger partial charge on any atom is 0.0761 e. The molecule has 94 valence electrons. The van der Waals surface area contributed by atoms with Crippen molar-refractivity contribution in [1.29, 1.82) is 0 Å². The predicted octanol–water partition coefficient (Wildman–Crippen LogP) is 1.08. The monoisotopic (exact) mass is 229 g/mol. The van der Waals surface area contributed by atoms with Crippen LogP contribution in [-0.4, -0.2) is 44.7 Å². The molecule has 4 nitrogen and oxygen atoms in total. The predicted molar refractivity (Wildman–Crippen MR) is 61.4 cm³/mol. The molecule has 0 saturated carbocycles. The van der Waals surface area contributed by atoms with Crippen molar-refractivity contribution in [1.82, 2.24) is 0 Å². The molecule has 0 aromatic rings. The van der Waals surface area contributed by atoms with Crippen LogP contribution in [-0.2, 0) is 14.2 Å². The lowest BCUT2D eigenvalue weighted by Gasteiger charge is -2.30. The third-order valence-electron chi connectivity index (χ3n) is 3.71. The maximum atomic E-state index is 6.36. The summed E-state index contributed by atoms with van der Waals surface area (Å²) in [5, 5.41) is 0. The van der Waals surface area contributed by atoms with E-state index in [1.165, 1.54) is 6.42 Å². The zero-order valence-corrected chi connectivity index (χ0v) is 10.1. The first-order chi connectivity index (χ1) is 7.74. The van der Waals surface area contributed by atoms with Crippen LogP contribution in [0.5, 0.6) is 0 Å². The summed E-state index contributed by atoms with van der Waals surface area (Å²) in [7, 11) is 1.71. The minimum absolute atomic E-state index is 0.121. The second-order valence-electron chi connectivity index (χ2n) is 4.97. The van der Waals surface area contributed by atoms with Crippen LogP contribution in [0.4, 0.5) is 0 Å². The molecule has 0 spiro atoms. The quantitative estimate of drug-likeness (QED) is 0.664. The van der Waals surface area contributed by atoms with E-state index in [1.54, 1.807) is 7.11 Å². The van der Waals surface area contributed by atoms with E-state index in [4.69, 9.17) is 19.9 Å². The number of hydrogen-bond acceptors (Lipinski definition) is 4. The molecule has 2 heterocycles. The highest BCUT2D eigenvalue weighted by Crippen LogP contribution is 2.41. The van der Waals surface area contributed by atoms with Gasteiger partial charge in [0.05, 0.1) is 12.2 Å². The van der Waals surface area contributed by atoms with E-state index in [-0.39, 0.29) is 11.6 Å². The van der Waals surface area contributed by atoms with Gasteiger partial charge in [-0.05, 0) is 32.1 Å².